The number of carbonyl (C=O) groups excluding carboxylic acids is 8. The molecule has 0 aromatic rings. The van der Waals surface area contributed by atoms with E-state index < -0.39 is 139 Å². The molecule has 0 radical (unpaired) electrons. The third-order valence-corrected chi connectivity index (χ3v) is 13.2. The second-order valence-electron chi connectivity index (χ2n) is 20.7. The van der Waals surface area contributed by atoms with Gasteiger partial charge in [-0.05, 0) is 126 Å². The van der Waals surface area contributed by atoms with Crippen LogP contribution in [0.3, 0.4) is 0 Å². The first-order valence-electron chi connectivity index (χ1n) is 26.5. The van der Waals surface area contributed by atoms with Crippen LogP contribution in [0.2, 0.25) is 0 Å². The fourth-order valence-corrected chi connectivity index (χ4v) is 8.95. The molecule has 25 nitrogen and oxygen atoms in total. The molecule has 0 aromatic carbocycles. The van der Waals surface area contributed by atoms with Gasteiger partial charge in [-0.25, -0.2) is 4.79 Å². The molecule has 8 amide bonds. The van der Waals surface area contributed by atoms with Crippen LogP contribution in [0.1, 0.15) is 144 Å². The van der Waals surface area contributed by atoms with Crippen molar-refractivity contribution in [3.05, 3.63) is 0 Å². The summed E-state index contributed by atoms with van der Waals surface area (Å²) < 4.78 is 0. The molecule has 0 spiro atoms. The summed E-state index contributed by atoms with van der Waals surface area (Å²) in [5.74, 6) is -10.1. The van der Waals surface area contributed by atoms with Crippen LogP contribution in [0, 0.1) is 17.8 Å². The topological polar surface area (TPSA) is 414 Å². The van der Waals surface area contributed by atoms with Crippen molar-refractivity contribution in [3.8, 4) is 0 Å². The number of hydrogen-bond acceptors (Lipinski definition) is 15. The Balaban J connectivity index is 3.49. The lowest BCUT2D eigenvalue weighted by atomic mass is 10.00. The summed E-state index contributed by atoms with van der Waals surface area (Å²) >= 11 is 1.43. The van der Waals surface area contributed by atoms with Crippen molar-refractivity contribution >= 4 is 76.9 Å². The summed E-state index contributed by atoms with van der Waals surface area (Å²) in [6.07, 6.45) is 3.11. The second kappa shape index (κ2) is 36.4. The highest BCUT2D eigenvalue weighted by atomic mass is 32.2. The molecular weight excluding hydrogens is 1010 g/mol. The van der Waals surface area contributed by atoms with E-state index in [-0.39, 0.29) is 75.8 Å². The number of rotatable bonds is 39. The number of thioether (sulfide) groups is 1. The van der Waals surface area contributed by atoms with Gasteiger partial charge in [-0.1, -0.05) is 48.0 Å². The lowest BCUT2D eigenvalue weighted by Gasteiger charge is -2.31. The Labute approximate surface area is 451 Å². The Morgan fingerprint density at radius 3 is 1.38 bits per heavy atom. The summed E-state index contributed by atoms with van der Waals surface area (Å²) in [7, 11) is 0. The number of carboxylic acid groups (broad SMARTS) is 3. The molecule has 0 unspecified atom stereocenters. The number of aliphatic carboxylic acids is 3. The lowest BCUT2D eigenvalue weighted by Crippen LogP contribution is -2.60. The maximum atomic E-state index is 14.5. The van der Waals surface area contributed by atoms with E-state index in [1.807, 2.05) is 6.26 Å². The van der Waals surface area contributed by atoms with Gasteiger partial charge < -0.3 is 74.6 Å². The molecule has 434 valence electrons. The number of carbonyl (C=O) groups is 11. The number of carboxylic acids is 3. The van der Waals surface area contributed by atoms with Crippen molar-refractivity contribution in [2.75, 3.05) is 31.6 Å². The standard InChI is InChI=1S/C50H89N11O14S/c1-28(2)25-36(58-46(70)35(20-24-76-7)54-42(66)31(53)13-8-10-21-51)47(71)56-33(16-18-40(62)63)44(68)55-32(14-9-11-22-52)43(67)59-37(26-29(3)4)49(73)61-23-12-15-39(61)48(72)57-34(17-19-41(64)65)45(69)60-38(50(74)75)27-30(5)6/h28-39H,8-27,51-53H2,1-7H3,(H,54,66)(H,55,68)(H,56,71)(H,57,72)(H,58,70)(H,59,67)(H,60,69)(H,62,63)(H,64,65)(H,74,75)/t31-,32-,33-,34-,35-,36-,37-,38-,39-/m0/s1. The molecule has 9 atom stereocenters. The molecule has 1 aliphatic heterocycles. The van der Waals surface area contributed by atoms with Gasteiger partial charge in [-0.2, -0.15) is 11.8 Å². The van der Waals surface area contributed by atoms with Gasteiger partial charge >= 0.3 is 17.9 Å². The van der Waals surface area contributed by atoms with Crippen LogP contribution in [0.25, 0.3) is 0 Å². The smallest absolute Gasteiger partial charge is 0.326 e. The Morgan fingerprint density at radius 1 is 0.513 bits per heavy atom. The highest BCUT2D eigenvalue weighted by Crippen LogP contribution is 2.22. The molecule has 1 rings (SSSR count). The normalized spacial score (nSPS) is 16.5. The van der Waals surface area contributed by atoms with Crippen LogP contribution in [0.4, 0.5) is 0 Å². The van der Waals surface area contributed by atoms with E-state index in [1.54, 1.807) is 41.5 Å². The molecule has 26 heteroatoms. The molecule has 1 aliphatic rings. The Hall–Kier alpha value is -5.60. The molecular formula is C50H89N11O14S. The Bertz CT molecular complexity index is 1930. The van der Waals surface area contributed by atoms with Gasteiger partial charge in [0.15, 0.2) is 0 Å². The molecule has 0 aliphatic carbocycles. The first-order valence-corrected chi connectivity index (χ1v) is 27.9. The van der Waals surface area contributed by atoms with Gasteiger partial charge in [0.05, 0.1) is 6.04 Å². The van der Waals surface area contributed by atoms with Gasteiger partial charge in [0.2, 0.25) is 47.3 Å². The van der Waals surface area contributed by atoms with Crippen molar-refractivity contribution in [3.63, 3.8) is 0 Å². The van der Waals surface area contributed by atoms with Crippen LogP contribution >= 0.6 is 11.8 Å². The van der Waals surface area contributed by atoms with Crippen LogP contribution in [-0.4, -0.2) is 171 Å². The average molecular weight is 1100 g/mol. The van der Waals surface area contributed by atoms with Gasteiger partial charge in [0.25, 0.3) is 0 Å². The monoisotopic (exact) mass is 1100 g/mol. The fraction of sp³-hybridized carbons (Fsp3) is 0.780. The van der Waals surface area contributed by atoms with Crippen LogP contribution < -0.4 is 54.4 Å². The first-order chi connectivity index (χ1) is 35.8. The number of amides is 8. The van der Waals surface area contributed by atoms with Crippen LogP contribution in [0.15, 0.2) is 0 Å². The van der Waals surface area contributed by atoms with Crippen LogP contribution in [-0.2, 0) is 52.7 Å². The van der Waals surface area contributed by atoms with Crippen molar-refractivity contribution in [1.29, 1.82) is 0 Å². The molecule has 0 bridgehead atoms. The van der Waals surface area contributed by atoms with Crippen molar-refractivity contribution < 1.29 is 68.1 Å². The molecule has 16 N–H and O–H groups in total. The fourth-order valence-electron chi connectivity index (χ4n) is 8.48. The SMILES string of the molecule is CSCC[C@H](NC(=O)[C@@H](N)CCCCN)C(=O)N[C@@H](CC(C)C)C(=O)N[C@@H](CCC(=O)O)C(=O)N[C@@H](CCCCN)C(=O)N[C@@H](CC(C)C)C(=O)N1CCC[C@H]1C(=O)N[C@@H](CCC(=O)O)C(=O)N[C@@H](CC(C)C)C(=O)O. The highest BCUT2D eigenvalue weighted by molar-refractivity contribution is 7.98. The number of hydrogen-bond donors (Lipinski definition) is 13. The van der Waals surface area contributed by atoms with E-state index in [1.165, 1.54) is 16.7 Å². The van der Waals surface area contributed by atoms with Crippen molar-refractivity contribution in [2.24, 2.45) is 35.0 Å². The van der Waals surface area contributed by atoms with E-state index in [0.29, 0.717) is 50.8 Å². The maximum Gasteiger partial charge on any atom is 0.326 e. The molecule has 0 saturated carbocycles. The quantitative estimate of drug-likeness (QED) is 0.0350. The predicted molar refractivity (Wildman–Crippen MR) is 285 cm³/mol. The third kappa shape index (κ3) is 26.4. The molecule has 1 heterocycles. The van der Waals surface area contributed by atoms with Crippen molar-refractivity contribution in [1.82, 2.24) is 42.1 Å². The third-order valence-electron chi connectivity index (χ3n) is 12.5. The zero-order chi connectivity index (χ0) is 57.7. The van der Waals surface area contributed by atoms with E-state index >= 15 is 0 Å². The second-order valence-corrected chi connectivity index (χ2v) is 21.7. The van der Waals surface area contributed by atoms with Gasteiger partial charge in [-0.15, -0.1) is 0 Å². The first kappa shape index (κ1) is 68.4. The number of nitrogens with zero attached hydrogens (tertiary/aromatic N) is 1. The Kier molecular flexibility index (Phi) is 32.8. The summed E-state index contributed by atoms with van der Waals surface area (Å²) in [6.45, 7) is 11.4. The molecule has 1 fully saturated rings. The van der Waals surface area contributed by atoms with E-state index in [4.69, 9.17) is 17.2 Å². The summed E-state index contributed by atoms with van der Waals surface area (Å²) in [6, 6.07) is -11.3. The lowest BCUT2D eigenvalue weighted by molar-refractivity contribution is -0.144. The van der Waals surface area contributed by atoms with Crippen molar-refractivity contribution in [2.45, 2.75) is 199 Å². The summed E-state index contributed by atoms with van der Waals surface area (Å²) in [5, 5.41) is 47.0. The zero-order valence-corrected chi connectivity index (χ0v) is 46.3. The number of nitrogens with two attached hydrogens (primary N) is 3. The van der Waals surface area contributed by atoms with Crippen LogP contribution in [0.5, 0.6) is 0 Å². The minimum Gasteiger partial charge on any atom is -0.481 e. The minimum absolute atomic E-state index is 0.00271. The van der Waals surface area contributed by atoms with Gasteiger partial charge in [0, 0.05) is 19.4 Å². The largest absolute Gasteiger partial charge is 0.481 e. The molecule has 1 saturated heterocycles. The molecule has 76 heavy (non-hydrogen) atoms. The predicted octanol–water partition coefficient (Wildman–Crippen LogP) is -0.338. The molecule has 0 aromatic heterocycles. The number of unbranched alkanes of at least 4 members (excludes halogenated alkanes) is 2. The maximum absolute atomic E-state index is 14.5. The minimum atomic E-state index is -1.54. The van der Waals surface area contributed by atoms with Gasteiger partial charge in [0.1, 0.15) is 48.3 Å². The van der Waals surface area contributed by atoms with E-state index in [2.05, 4.69) is 37.2 Å². The summed E-state index contributed by atoms with van der Waals surface area (Å²) in [4.78, 5) is 148. The zero-order valence-electron chi connectivity index (χ0n) is 45.5. The Morgan fingerprint density at radius 2 is 0.908 bits per heavy atom. The summed E-state index contributed by atoms with van der Waals surface area (Å²) in [5.41, 5.74) is 17.4. The number of likely N-dealkylation sites (tertiary alicyclic amines) is 1. The highest BCUT2D eigenvalue weighted by Gasteiger charge is 2.41. The van der Waals surface area contributed by atoms with E-state index in [0.717, 1.165) is 0 Å². The van der Waals surface area contributed by atoms with E-state index in [9.17, 15) is 68.1 Å². The average Bonchev–Trinajstić information content (AvgIpc) is 3.84. The van der Waals surface area contributed by atoms with Gasteiger partial charge in [-0.3, -0.25) is 47.9 Å². The number of nitrogens with one attached hydrogen (secondary N) is 7.